The number of sulfonamides is 1. The standard InChI is InChI=1S/C20H25N5O3S/c1-25(29(26,27)18-9-3-15(21)4-10-18)17-7-5-16(6-8-17)22-13-14-2-11-19-20(12-14)24-28-23-19/h2-4,9-12,16-17,22H,5-8,13,21H2,1H3. The molecule has 0 unspecified atom stereocenters. The van der Waals surface area contributed by atoms with Crippen molar-refractivity contribution in [3.05, 3.63) is 48.0 Å². The van der Waals surface area contributed by atoms with Crippen LogP contribution in [0.15, 0.2) is 52.0 Å². The normalized spacial score (nSPS) is 20.3. The summed E-state index contributed by atoms with van der Waals surface area (Å²) in [5.74, 6) is 0. The molecule has 154 valence electrons. The van der Waals surface area contributed by atoms with E-state index in [0.717, 1.165) is 48.8 Å². The van der Waals surface area contributed by atoms with E-state index in [1.54, 1.807) is 31.3 Å². The fourth-order valence-electron chi connectivity index (χ4n) is 3.85. The number of nitrogens with zero attached hydrogens (tertiary/aromatic N) is 3. The van der Waals surface area contributed by atoms with Gasteiger partial charge in [-0.15, -0.1) is 0 Å². The third-order valence-corrected chi connectivity index (χ3v) is 7.61. The Kier molecular flexibility index (Phi) is 5.53. The molecule has 8 nitrogen and oxygen atoms in total. The average molecular weight is 416 g/mol. The smallest absolute Gasteiger partial charge is 0.243 e. The predicted molar refractivity (Wildman–Crippen MR) is 110 cm³/mol. The van der Waals surface area contributed by atoms with Gasteiger partial charge in [-0.1, -0.05) is 6.07 Å². The maximum atomic E-state index is 12.9. The minimum absolute atomic E-state index is 0.00755. The van der Waals surface area contributed by atoms with Gasteiger partial charge >= 0.3 is 0 Å². The van der Waals surface area contributed by atoms with Crippen LogP contribution in [0.25, 0.3) is 11.0 Å². The molecule has 29 heavy (non-hydrogen) atoms. The summed E-state index contributed by atoms with van der Waals surface area (Å²) < 4.78 is 32.0. The molecule has 1 heterocycles. The number of hydrogen-bond donors (Lipinski definition) is 2. The van der Waals surface area contributed by atoms with Gasteiger partial charge in [0.15, 0.2) is 0 Å². The van der Waals surface area contributed by atoms with E-state index in [4.69, 9.17) is 10.4 Å². The quantitative estimate of drug-likeness (QED) is 0.595. The van der Waals surface area contributed by atoms with E-state index in [2.05, 4.69) is 15.6 Å². The lowest BCUT2D eigenvalue weighted by molar-refractivity contribution is 0.249. The molecular formula is C20H25N5O3S. The number of nitrogen functional groups attached to an aromatic ring is 1. The van der Waals surface area contributed by atoms with E-state index in [0.29, 0.717) is 11.7 Å². The van der Waals surface area contributed by atoms with Gasteiger partial charge in [0.25, 0.3) is 0 Å². The van der Waals surface area contributed by atoms with Gasteiger partial charge in [-0.3, -0.25) is 0 Å². The van der Waals surface area contributed by atoms with Gasteiger partial charge in [0, 0.05) is 31.4 Å². The lowest BCUT2D eigenvalue weighted by Gasteiger charge is -2.34. The molecule has 1 fully saturated rings. The Morgan fingerprint density at radius 2 is 1.76 bits per heavy atom. The molecule has 0 radical (unpaired) electrons. The van der Waals surface area contributed by atoms with E-state index < -0.39 is 10.0 Å². The highest BCUT2D eigenvalue weighted by Gasteiger charge is 2.31. The van der Waals surface area contributed by atoms with Gasteiger partial charge in [0.05, 0.1) is 4.90 Å². The summed E-state index contributed by atoms with van der Waals surface area (Å²) in [7, 11) is -1.84. The second kappa shape index (κ2) is 8.10. The van der Waals surface area contributed by atoms with E-state index in [1.165, 1.54) is 4.31 Å². The number of nitrogens with one attached hydrogen (secondary N) is 1. The van der Waals surface area contributed by atoms with Crippen LogP contribution in [-0.4, -0.2) is 42.2 Å². The van der Waals surface area contributed by atoms with Crippen LogP contribution in [0.3, 0.4) is 0 Å². The summed E-state index contributed by atoms with van der Waals surface area (Å²) in [4.78, 5) is 0.284. The molecule has 1 saturated carbocycles. The zero-order valence-corrected chi connectivity index (χ0v) is 17.1. The van der Waals surface area contributed by atoms with Crippen LogP contribution in [0.1, 0.15) is 31.2 Å². The Morgan fingerprint density at radius 3 is 2.48 bits per heavy atom. The van der Waals surface area contributed by atoms with Gasteiger partial charge in [-0.2, -0.15) is 4.31 Å². The number of fused-ring (bicyclic) bond motifs is 1. The van der Waals surface area contributed by atoms with Crippen LogP contribution < -0.4 is 11.1 Å². The first-order valence-corrected chi connectivity index (χ1v) is 11.2. The minimum atomic E-state index is -3.51. The summed E-state index contributed by atoms with van der Waals surface area (Å²) in [5, 5.41) is 11.3. The molecule has 1 aliphatic rings. The zero-order valence-electron chi connectivity index (χ0n) is 16.3. The number of nitrogens with two attached hydrogens (primary N) is 1. The van der Waals surface area contributed by atoms with Gasteiger partial charge in [0.1, 0.15) is 11.0 Å². The van der Waals surface area contributed by atoms with E-state index in [-0.39, 0.29) is 10.9 Å². The van der Waals surface area contributed by atoms with Crippen molar-refractivity contribution in [2.24, 2.45) is 0 Å². The molecule has 1 aliphatic carbocycles. The molecular weight excluding hydrogens is 390 g/mol. The lowest BCUT2D eigenvalue weighted by atomic mass is 9.91. The van der Waals surface area contributed by atoms with Crippen molar-refractivity contribution in [2.45, 2.75) is 49.2 Å². The maximum Gasteiger partial charge on any atom is 0.243 e. The topological polar surface area (TPSA) is 114 Å². The molecule has 0 aliphatic heterocycles. The number of hydrogen-bond acceptors (Lipinski definition) is 7. The molecule has 4 rings (SSSR count). The van der Waals surface area contributed by atoms with Gasteiger partial charge < -0.3 is 11.1 Å². The molecule has 3 N–H and O–H groups in total. The highest BCUT2D eigenvalue weighted by atomic mass is 32.2. The third-order valence-electron chi connectivity index (χ3n) is 5.68. The molecule has 3 aromatic rings. The highest BCUT2D eigenvalue weighted by Crippen LogP contribution is 2.27. The van der Waals surface area contributed by atoms with Gasteiger partial charge in [0.2, 0.25) is 10.0 Å². The third kappa shape index (κ3) is 4.26. The Labute approximate surface area is 170 Å². The van der Waals surface area contributed by atoms with E-state index in [1.807, 2.05) is 18.2 Å². The minimum Gasteiger partial charge on any atom is -0.399 e. The number of benzene rings is 2. The molecule has 2 aromatic carbocycles. The highest BCUT2D eigenvalue weighted by molar-refractivity contribution is 7.89. The summed E-state index contributed by atoms with van der Waals surface area (Å²) in [6, 6.07) is 12.6. The monoisotopic (exact) mass is 415 g/mol. The van der Waals surface area contributed by atoms with Crippen LogP contribution in [-0.2, 0) is 16.6 Å². The second-order valence-corrected chi connectivity index (χ2v) is 9.56. The Bertz CT molecular complexity index is 1070. The van der Waals surface area contributed by atoms with E-state index >= 15 is 0 Å². The van der Waals surface area contributed by atoms with Gasteiger partial charge in [-0.25, -0.2) is 13.0 Å². The first-order chi connectivity index (χ1) is 13.9. The van der Waals surface area contributed by atoms with Crippen molar-refractivity contribution in [1.82, 2.24) is 19.9 Å². The SMILES string of the molecule is CN(C1CCC(NCc2ccc3nonc3c2)CC1)S(=O)(=O)c1ccc(N)cc1. The Morgan fingerprint density at radius 1 is 1.07 bits per heavy atom. The van der Waals surface area contributed by atoms with Crippen molar-refractivity contribution >= 4 is 26.7 Å². The first kappa shape index (κ1) is 19.8. The van der Waals surface area contributed by atoms with Crippen molar-refractivity contribution in [3.63, 3.8) is 0 Å². The largest absolute Gasteiger partial charge is 0.399 e. The molecule has 9 heteroatoms. The summed E-state index contributed by atoms with van der Waals surface area (Å²) in [6.45, 7) is 0.734. The molecule has 1 aromatic heterocycles. The van der Waals surface area contributed by atoms with Gasteiger partial charge in [-0.05, 0) is 78.0 Å². The molecule has 0 spiro atoms. The molecule has 0 atom stereocenters. The summed E-state index contributed by atoms with van der Waals surface area (Å²) in [5.41, 5.74) is 8.85. The Balaban J connectivity index is 1.32. The van der Waals surface area contributed by atoms with E-state index in [9.17, 15) is 8.42 Å². The fourth-order valence-corrected chi connectivity index (χ4v) is 5.26. The summed E-state index contributed by atoms with van der Waals surface area (Å²) in [6.07, 6.45) is 3.52. The van der Waals surface area contributed by atoms with Crippen LogP contribution in [0.4, 0.5) is 5.69 Å². The van der Waals surface area contributed by atoms with Crippen molar-refractivity contribution in [2.75, 3.05) is 12.8 Å². The molecule has 0 amide bonds. The van der Waals surface area contributed by atoms with Crippen molar-refractivity contribution < 1.29 is 13.0 Å². The maximum absolute atomic E-state index is 12.9. The predicted octanol–water partition coefficient (Wildman–Crippen LogP) is 2.53. The Hall–Kier alpha value is -2.49. The first-order valence-electron chi connectivity index (χ1n) is 9.71. The fraction of sp³-hybridized carbons (Fsp3) is 0.400. The van der Waals surface area contributed by atoms with Crippen molar-refractivity contribution in [3.8, 4) is 0 Å². The van der Waals surface area contributed by atoms with Crippen LogP contribution in [0.2, 0.25) is 0 Å². The second-order valence-electron chi connectivity index (χ2n) is 7.56. The number of anilines is 1. The zero-order chi connectivity index (χ0) is 20.4. The number of rotatable bonds is 6. The average Bonchev–Trinajstić information content (AvgIpc) is 3.20. The lowest BCUT2D eigenvalue weighted by Crippen LogP contribution is -2.43. The summed E-state index contributed by atoms with van der Waals surface area (Å²) >= 11 is 0. The number of aromatic nitrogens is 2. The van der Waals surface area contributed by atoms with Crippen molar-refractivity contribution in [1.29, 1.82) is 0 Å². The van der Waals surface area contributed by atoms with Crippen LogP contribution in [0.5, 0.6) is 0 Å². The van der Waals surface area contributed by atoms with Crippen LogP contribution in [0, 0.1) is 0 Å². The molecule has 0 bridgehead atoms. The molecule has 0 saturated heterocycles. The van der Waals surface area contributed by atoms with Crippen LogP contribution >= 0.6 is 0 Å².